The molecule has 0 amide bonds. The second-order valence-corrected chi connectivity index (χ2v) is 4.46. The van der Waals surface area contributed by atoms with E-state index >= 15 is 0 Å². The number of benzene rings is 2. The zero-order valence-electron chi connectivity index (χ0n) is 10.1. The maximum absolute atomic E-state index is 10.1. The molecule has 2 aromatic rings. The molecule has 0 heterocycles. The van der Waals surface area contributed by atoms with Crippen molar-refractivity contribution in [2.75, 3.05) is 0 Å². The monoisotopic (exact) mass is 228 g/mol. The first-order valence-electron chi connectivity index (χ1n) is 5.65. The van der Waals surface area contributed by atoms with E-state index in [0.717, 1.165) is 22.8 Å². The molecule has 2 heteroatoms. The molecule has 0 saturated carbocycles. The third-order valence-corrected chi connectivity index (χ3v) is 2.79. The van der Waals surface area contributed by atoms with Gasteiger partial charge in [0.25, 0.3) is 0 Å². The Kier molecular flexibility index (Phi) is 3.05. The summed E-state index contributed by atoms with van der Waals surface area (Å²) in [5.41, 5.74) is 2.14. The van der Waals surface area contributed by atoms with Crippen LogP contribution >= 0.6 is 0 Å². The van der Waals surface area contributed by atoms with Gasteiger partial charge >= 0.3 is 0 Å². The Labute approximate surface area is 101 Å². The van der Waals surface area contributed by atoms with E-state index in [1.165, 1.54) is 5.57 Å². The van der Waals surface area contributed by atoms with Crippen LogP contribution in [0.4, 0.5) is 0 Å². The molecule has 2 nitrogen and oxygen atoms in total. The number of fused-ring (bicyclic) bond motifs is 1. The minimum atomic E-state index is 0.217. The Balaban J connectivity index is 2.50. The van der Waals surface area contributed by atoms with E-state index in [-0.39, 0.29) is 5.75 Å². The zero-order chi connectivity index (χ0) is 12.4. The van der Waals surface area contributed by atoms with Crippen molar-refractivity contribution in [3.63, 3.8) is 0 Å². The molecule has 0 spiro atoms. The summed E-state index contributed by atoms with van der Waals surface area (Å²) in [7, 11) is 0. The van der Waals surface area contributed by atoms with Crippen LogP contribution in [0.25, 0.3) is 10.8 Å². The molecule has 0 unspecified atom stereocenters. The maximum atomic E-state index is 10.1. The van der Waals surface area contributed by atoms with Crippen LogP contribution < -0.4 is 0 Å². The minimum Gasteiger partial charge on any atom is -0.508 e. The molecule has 88 valence electrons. The van der Waals surface area contributed by atoms with Gasteiger partial charge in [-0.25, -0.2) is 0 Å². The van der Waals surface area contributed by atoms with Crippen LogP contribution in [-0.2, 0) is 6.42 Å². The first-order chi connectivity index (χ1) is 8.08. The van der Waals surface area contributed by atoms with Crippen LogP contribution in [0.15, 0.2) is 42.0 Å². The van der Waals surface area contributed by atoms with Crippen molar-refractivity contribution in [3.05, 3.63) is 47.5 Å². The van der Waals surface area contributed by atoms with Crippen molar-refractivity contribution >= 4 is 10.8 Å². The molecule has 2 aromatic carbocycles. The molecule has 0 fully saturated rings. The SMILES string of the molecule is CC(C)=CCc1ccc2cc(O)ccc2c1O. The molecule has 0 radical (unpaired) electrons. The Morgan fingerprint density at radius 2 is 1.88 bits per heavy atom. The molecule has 0 saturated heterocycles. The van der Waals surface area contributed by atoms with Gasteiger partial charge in [0.1, 0.15) is 11.5 Å². The average Bonchev–Trinajstić information content (AvgIpc) is 2.27. The molecule has 0 aliphatic rings. The molecule has 2 N–H and O–H groups in total. The predicted octanol–water partition coefficient (Wildman–Crippen LogP) is 3.76. The second-order valence-electron chi connectivity index (χ2n) is 4.46. The highest BCUT2D eigenvalue weighted by Gasteiger charge is 2.05. The molecule has 0 aliphatic heterocycles. The van der Waals surface area contributed by atoms with Gasteiger partial charge in [-0.05, 0) is 49.4 Å². The van der Waals surface area contributed by atoms with Crippen molar-refractivity contribution in [1.29, 1.82) is 0 Å². The molecule has 0 bridgehead atoms. The molecule has 2 rings (SSSR count). The van der Waals surface area contributed by atoms with Crippen molar-refractivity contribution in [3.8, 4) is 11.5 Å². The molecule has 0 atom stereocenters. The number of phenolic OH excluding ortho intramolecular Hbond substituents is 2. The lowest BCUT2D eigenvalue weighted by atomic mass is 10.0. The summed E-state index contributed by atoms with van der Waals surface area (Å²) in [5.74, 6) is 0.522. The second kappa shape index (κ2) is 4.50. The first-order valence-corrected chi connectivity index (χ1v) is 5.65. The lowest BCUT2D eigenvalue weighted by Crippen LogP contribution is -1.85. The quantitative estimate of drug-likeness (QED) is 0.768. The maximum Gasteiger partial charge on any atom is 0.126 e. The van der Waals surface area contributed by atoms with Gasteiger partial charge in [0.2, 0.25) is 0 Å². The zero-order valence-corrected chi connectivity index (χ0v) is 10.1. The van der Waals surface area contributed by atoms with E-state index in [1.807, 2.05) is 26.0 Å². The van der Waals surface area contributed by atoms with Gasteiger partial charge in [0, 0.05) is 5.39 Å². The lowest BCUT2D eigenvalue weighted by Gasteiger charge is -2.07. The standard InChI is InChI=1S/C15H16O2/c1-10(2)3-4-11-5-6-12-9-13(16)7-8-14(12)15(11)17/h3,5-9,16-17H,4H2,1-2H3. The average molecular weight is 228 g/mol. The van der Waals surface area contributed by atoms with Crippen molar-refractivity contribution in [2.24, 2.45) is 0 Å². The van der Waals surface area contributed by atoms with Crippen LogP contribution in [0.1, 0.15) is 19.4 Å². The lowest BCUT2D eigenvalue weighted by molar-refractivity contribution is 0.473. The number of phenols is 2. The van der Waals surface area contributed by atoms with Gasteiger partial charge in [0.05, 0.1) is 0 Å². The fourth-order valence-electron chi connectivity index (χ4n) is 1.82. The fraction of sp³-hybridized carbons (Fsp3) is 0.200. The summed E-state index contributed by atoms with van der Waals surface area (Å²) in [4.78, 5) is 0. The third kappa shape index (κ3) is 2.41. The van der Waals surface area contributed by atoms with Crippen molar-refractivity contribution < 1.29 is 10.2 Å². The largest absolute Gasteiger partial charge is 0.508 e. The van der Waals surface area contributed by atoms with E-state index in [4.69, 9.17) is 0 Å². The van der Waals surface area contributed by atoms with Crippen molar-refractivity contribution in [1.82, 2.24) is 0 Å². The third-order valence-electron chi connectivity index (χ3n) is 2.79. The van der Waals surface area contributed by atoms with Crippen LogP contribution in [0, 0.1) is 0 Å². The van der Waals surface area contributed by atoms with Gasteiger partial charge in [-0.1, -0.05) is 23.8 Å². The normalized spacial score (nSPS) is 10.5. The number of allylic oxidation sites excluding steroid dienone is 2. The highest BCUT2D eigenvalue weighted by Crippen LogP contribution is 2.31. The molecular weight excluding hydrogens is 212 g/mol. The van der Waals surface area contributed by atoms with Gasteiger partial charge < -0.3 is 10.2 Å². The van der Waals surface area contributed by atoms with Gasteiger partial charge in [-0.15, -0.1) is 0 Å². The van der Waals surface area contributed by atoms with E-state index < -0.39 is 0 Å². The molecule has 0 aliphatic carbocycles. The van der Waals surface area contributed by atoms with E-state index in [1.54, 1.807) is 18.2 Å². The Hall–Kier alpha value is -1.96. The Morgan fingerprint density at radius 3 is 2.59 bits per heavy atom. The van der Waals surface area contributed by atoms with Gasteiger partial charge in [-0.3, -0.25) is 0 Å². The topological polar surface area (TPSA) is 40.5 Å². The van der Waals surface area contributed by atoms with Crippen LogP contribution in [-0.4, -0.2) is 10.2 Å². The van der Waals surface area contributed by atoms with Gasteiger partial charge in [0.15, 0.2) is 0 Å². The van der Waals surface area contributed by atoms with E-state index in [2.05, 4.69) is 6.08 Å². The van der Waals surface area contributed by atoms with Gasteiger partial charge in [-0.2, -0.15) is 0 Å². The Morgan fingerprint density at radius 1 is 1.12 bits per heavy atom. The summed E-state index contributed by atoms with van der Waals surface area (Å²) in [6.07, 6.45) is 2.81. The van der Waals surface area contributed by atoms with E-state index in [0.29, 0.717) is 5.75 Å². The van der Waals surface area contributed by atoms with Crippen LogP contribution in [0.2, 0.25) is 0 Å². The first kappa shape index (κ1) is 11.5. The minimum absolute atomic E-state index is 0.217. The summed E-state index contributed by atoms with van der Waals surface area (Å²) < 4.78 is 0. The highest BCUT2D eigenvalue weighted by atomic mass is 16.3. The Bertz CT molecular complexity index is 579. The summed E-state index contributed by atoms with van der Waals surface area (Å²) in [6.45, 7) is 4.08. The molecular formula is C15H16O2. The smallest absolute Gasteiger partial charge is 0.126 e. The summed E-state index contributed by atoms with van der Waals surface area (Å²) >= 11 is 0. The van der Waals surface area contributed by atoms with Crippen LogP contribution in [0.5, 0.6) is 11.5 Å². The molecule has 0 aromatic heterocycles. The molecule has 17 heavy (non-hydrogen) atoms. The number of aromatic hydroxyl groups is 2. The van der Waals surface area contributed by atoms with Crippen LogP contribution in [0.3, 0.4) is 0 Å². The highest BCUT2D eigenvalue weighted by molar-refractivity contribution is 5.90. The summed E-state index contributed by atoms with van der Waals surface area (Å²) in [6, 6.07) is 8.80. The van der Waals surface area contributed by atoms with E-state index in [9.17, 15) is 10.2 Å². The van der Waals surface area contributed by atoms with Crippen molar-refractivity contribution in [2.45, 2.75) is 20.3 Å². The number of hydrogen-bond donors (Lipinski definition) is 2. The summed E-state index contributed by atoms with van der Waals surface area (Å²) in [5, 5.41) is 21.1. The number of rotatable bonds is 2. The fourth-order valence-corrected chi connectivity index (χ4v) is 1.82. The predicted molar refractivity (Wildman–Crippen MR) is 70.4 cm³/mol. The number of hydrogen-bond acceptors (Lipinski definition) is 2.